The maximum Gasteiger partial charge on any atom is 0.416 e. The van der Waals surface area contributed by atoms with Crippen molar-refractivity contribution in [1.82, 2.24) is 15.5 Å². The molecular formula is C20H19F4N3O. The molecule has 4 nitrogen and oxygen atoms in total. The predicted molar refractivity (Wildman–Crippen MR) is 95.8 cm³/mol. The molecule has 0 amide bonds. The number of aryl methyl sites for hydroxylation is 1. The monoisotopic (exact) mass is 393 g/mol. The van der Waals surface area contributed by atoms with Crippen molar-refractivity contribution in [2.24, 2.45) is 0 Å². The zero-order chi connectivity index (χ0) is 20.5. The Labute approximate surface area is 159 Å². The van der Waals surface area contributed by atoms with Crippen molar-refractivity contribution in [3.05, 3.63) is 70.9 Å². The molecule has 1 N–H and O–H groups in total. The molecule has 0 fully saturated rings. The van der Waals surface area contributed by atoms with Gasteiger partial charge in [-0.3, -0.25) is 5.32 Å². The molecule has 0 aliphatic carbocycles. The van der Waals surface area contributed by atoms with Gasteiger partial charge >= 0.3 is 6.18 Å². The summed E-state index contributed by atoms with van der Waals surface area (Å²) >= 11 is 0. The van der Waals surface area contributed by atoms with Crippen LogP contribution in [0, 0.1) is 12.7 Å². The van der Waals surface area contributed by atoms with Crippen LogP contribution in [0.4, 0.5) is 17.6 Å². The average Bonchev–Trinajstić information content (AvgIpc) is 3.13. The predicted octanol–water partition coefficient (Wildman–Crippen LogP) is 5.61. The normalized spacial score (nSPS) is 14.1. The number of hydrogen-bond donors (Lipinski definition) is 1. The van der Waals surface area contributed by atoms with Crippen LogP contribution in [-0.4, -0.2) is 10.1 Å². The smallest absolute Gasteiger partial charge is 0.337 e. The Balaban J connectivity index is 1.70. The van der Waals surface area contributed by atoms with Crippen LogP contribution in [0.3, 0.4) is 0 Å². The first-order valence-corrected chi connectivity index (χ1v) is 8.68. The molecule has 0 aliphatic heterocycles. The molecule has 2 atom stereocenters. The van der Waals surface area contributed by atoms with E-state index in [1.54, 1.807) is 26.0 Å². The van der Waals surface area contributed by atoms with Gasteiger partial charge in [-0.1, -0.05) is 29.4 Å². The van der Waals surface area contributed by atoms with E-state index in [0.717, 1.165) is 12.1 Å². The van der Waals surface area contributed by atoms with Gasteiger partial charge in [0.05, 0.1) is 11.6 Å². The van der Waals surface area contributed by atoms with Gasteiger partial charge in [0.15, 0.2) is 0 Å². The second-order valence-corrected chi connectivity index (χ2v) is 6.65. The van der Waals surface area contributed by atoms with Gasteiger partial charge in [-0.25, -0.2) is 4.39 Å². The van der Waals surface area contributed by atoms with Crippen LogP contribution < -0.4 is 5.32 Å². The van der Waals surface area contributed by atoms with Crippen molar-refractivity contribution in [2.45, 2.75) is 39.0 Å². The maximum atomic E-state index is 13.7. The summed E-state index contributed by atoms with van der Waals surface area (Å²) in [6, 6.07) is 9.04. The molecule has 1 heterocycles. The van der Waals surface area contributed by atoms with E-state index in [9.17, 15) is 17.6 Å². The third kappa shape index (κ3) is 4.39. The largest absolute Gasteiger partial charge is 0.416 e. The van der Waals surface area contributed by atoms with Crippen LogP contribution in [0.2, 0.25) is 0 Å². The summed E-state index contributed by atoms with van der Waals surface area (Å²) in [5, 5.41) is 7.08. The van der Waals surface area contributed by atoms with Gasteiger partial charge in [-0.15, -0.1) is 0 Å². The number of rotatable bonds is 5. The number of hydrogen-bond acceptors (Lipinski definition) is 4. The van der Waals surface area contributed by atoms with Crippen LogP contribution in [-0.2, 0) is 6.18 Å². The zero-order valence-corrected chi connectivity index (χ0v) is 15.5. The van der Waals surface area contributed by atoms with Crippen LogP contribution in [0.5, 0.6) is 0 Å². The second kappa shape index (κ2) is 7.71. The highest BCUT2D eigenvalue weighted by molar-refractivity contribution is 5.55. The van der Waals surface area contributed by atoms with Gasteiger partial charge in [0.25, 0.3) is 0 Å². The molecule has 1 aromatic heterocycles. The molecule has 0 aliphatic rings. The van der Waals surface area contributed by atoms with Crippen molar-refractivity contribution in [3.63, 3.8) is 0 Å². The lowest BCUT2D eigenvalue weighted by molar-refractivity contribution is -0.137. The molecule has 3 rings (SSSR count). The molecule has 0 saturated carbocycles. The average molecular weight is 393 g/mol. The molecule has 0 saturated heterocycles. The maximum absolute atomic E-state index is 13.7. The summed E-state index contributed by atoms with van der Waals surface area (Å²) in [6.45, 7) is 5.29. The van der Waals surface area contributed by atoms with Crippen molar-refractivity contribution < 1.29 is 22.1 Å². The molecule has 0 radical (unpaired) electrons. The molecule has 0 bridgehead atoms. The fourth-order valence-electron chi connectivity index (χ4n) is 2.76. The lowest BCUT2D eigenvalue weighted by Gasteiger charge is -2.18. The Hall–Kier alpha value is -2.74. The van der Waals surface area contributed by atoms with E-state index in [2.05, 4.69) is 15.5 Å². The highest BCUT2D eigenvalue weighted by Gasteiger charge is 2.30. The fraction of sp³-hybridized carbons (Fsp3) is 0.300. The van der Waals surface area contributed by atoms with Gasteiger partial charge in [0, 0.05) is 11.6 Å². The minimum Gasteiger partial charge on any atom is -0.337 e. The SMILES string of the molecule is Cc1ccc(-c2noc([C@H](C)N[C@H](C)c3ccc(C(F)(F)F)cc3)n2)cc1F. The number of nitrogens with one attached hydrogen (secondary N) is 1. The van der Waals surface area contributed by atoms with Crippen LogP contribution in [0.25, 0.3) is 11.4 Å². The van der Waals surface area contributed by atoms with Gasteiger partial charge in [-0.2, -0.15) is 18.2 Å². The van der Waals surface area contributed by atoms with E-state index in [4.69, 9.17) is 4.52 Å². The summed E-state index contributed by atoms with van der Waals surface area (Å²) in [5.41, 5.74) is 1.03. The van der Waals surface area contributed by atoms with Gasteiger partial charge in [-0.05, 0) is 50.1 Å². The highest BCUT2D eigenvalue weighted by atomic mass is 19.4. The first-order valence-electron chi connectivity index (χ1n) is 8.68. The summed E-state index contributed by atoms with van der Waals surface area (Å²) < 4.78 is 57.0. The minimum absolute atomic E-state index is 0.246. The lowest BCUT2D eigenvalue weighted by atomic mass is 10.1. The molecule has 0 spiro atoms. The van der Waals surface area contributed by atoms with E-state index in [0.29, 0.717) is 22.6 Å². The van der Waals surface area contributed by atoms with Crippen molar-refractivity contribution in [2.75, 3.05) is 0 Å². The van der Waals surface area contributed by atoms with E-state index in [1.165, 1.54) is 18.2 Å². The third-order valence-electron chi connectivity index (χ3n) is 4.48. The Kier molecular flexibility index (Phi) is 5.51. The van der Waals surface area contributed by atoms with Gasteiger partial charge in [0.1, 0.15) is 5.82 Å². The topological polar surface area (TPSA) is 51.0 Å². The van der Waals surface area contributed by atoms with Crippen molar-refractivity contribution in [3.8, 4) is 11.4 Å². The number of nitrogens with zero attached hydrogens (tertiary/aromatic N) is 2. The Morgan fingerprint density at radius 2 is 1.68 bits per heavy atom. The number of alkyl halides is 3. The summed E-state index contributed by atoms with van der Waals surface area (Å²) in [6.07, 6.45) is -4.36. The highest BCUT2D eigenvalue weighted by Crippen LogP contribution is 2.30. The van der Waals surface area contributed by atoms with Crippen molar-refractivity contribution >= 4 is 0 Å². The van der Waals surface area contributed by atoms with Crippen molar-refractivity contribution in [1.29, 1.82) is 0 Å². The Morgan fingerprint density at radius 1 is 1.00 bits per heavy atom. The summed E-state index contributed by atoms with van der Waals surface area (Å²) in [7, 11) is 0. The first kappa shape index (κ1) is 20.0. The van der Waals surface area contributed by atoms with E-state index < -0.39 is 11.7 Å². The Morgan fingerprint density at radius 3 is 2.29 bits per heavy atom. The molecule has 0 unspecified atom stereocenters. The number of benzene rings is 2. The molecular weight excluding hydrogens is 374 g/mol. The van der Waals surface area contributed by atoms with Gasteiger partial charge < -0.3 is 4.52 Å². The van der Waals surface area contributed by atoms with E-state index >= 15 is 0 Å². The molecule has 3 aromatic rings. The number of aromatic nitrogens is 2. The zero-order valence-electron chi connectivity index (χ0n) is 15.5. The molecule has 2 aromatic carbocycles. The quantitative estimate of drug-likeness (QED) is 0.572. The second-order valence-electron chi connectivity index (χ2n) is 6.65. The molecule has 148 valence electrons. The van der Waals surface area contributed by atoms with Crippen LogP contribution in [0.15, 0.2) is 47.0 Å². The van der Waals surface area contributed by atoms with Crippen LogP contribution >= 0.6 is 0 Å². The van der Waals surface area contributed by atoms with Gasteiger partial charge in [0.2, 0.25) is 11.7 Å². The molecule has 8 heteroatoms. The number of halogens is 4. The summed E-state index contributed by atoms with van der Waals surface area (Å²) in [5.74, 6) is 0.213. The Bertz CT molecular complexity index is 951. The minimum atomic E-state index is -4.36. The van der Waals surface area contributed by atoms with E-state index in [1.807, 2.05) is 6.92 Å². The molecule has 28 heavy (non-hydrogen) atoms. The first-order chi connectivity index (χ1) is 13.1. The summed E-state index contributed by atoms with van der Waals surface area (Å²) in [4.78, 5) is 4.29. The fourth-order valence-corrected chi connectivity index (χ4v) is 2.76. The standard InChI is InChI=1S/C20H19F4N3O/c1-11-4-5-15(10-17(11)21)18-26-19(28-27-18)13(3)25-12(2)14-6-8-16(9-7-14)20(22,23)24/h4-10,12-13,25H,1-3H3/t12-,13+/m1/s1. The van der Waals surface area contributed by atoms with Crippen LogP contribution in [0.1, 0.15) is 48.5 Å². The lowest BCUT2D eigenvalue weighted by Crippen LogP contribution is -2.22. The third-order valence-corrected chi connectivity index (χ3v) is 4.48. The van der Waals surface area contributed by atoms with E-state index in [-0.39, 0.29) is 23.7 Å².